The standard InChI is InChI=1S/C13H11N3O3/c1-16-13(18)11-9(6-10(14)17)19-8-5-3-2-4-7(8)12(11)15-16/h2-5H,6H2,1H3,(H2,14,17). The Labute approximate surface area is 107 Å². The number of rotatable bonds is 2. The van der Waals surface area contributed by atoms with Gasteiger partial charge in [-0.1, -0.05) is 12.1 Å². The smallest absolute Gasteiger partial charge is 0.279 e. The van der Waals surface area contributed by atoms with Crippen molar-refractivity contribution in [3.8, 4) is 11.3 Å². The van der Waals surface area contributed by atoms with Crippen molar-refractivity contribution < 1.29 is 9.21 Å². The molecule has 0 aromatic heterocycles. The summed E-state index contributed by atoms with van der Waals surface area (Å²) in [5.74, 6) is -0.289. The Bertz CT molecular complexity index is 816. The van der Waals surface area contributed by atoms with E-state index in [1.165, 1.54) is 4.68 Å². The first kappa shape index (κ1) is 11.5. The molecule has 0 atom stereocenters. The highest BCUT2D eigenvalue weighted by molar-refractivity contribution is 5.93. The molecule has 96 valence electrons. The van der Waals surface area contributed by atoms with E-state index in [0.29, 0.717) is 16.8 Å². The van der Waals surface area contributed by atoms with E-state index in [4.69, 9.17) is 10.2 Å². The number of carbonyl (C=O) groups excluding carboxylic acids is 1. The zero-order valence-electron chi connectivity index (χ0n) is 10.2. The SMILES string of the molecule is Cn1nc2c3ccccc3oc(CC(N)=O)c-2c1=O. The number of amides is 1. The van der Waals surface area contributed by atoms with Crippen molar-refractivity contribution in [2.24, 2.45) is 12.8 Å². The molecule has 2 aliphatic heterocycles. The van der Waals surface area contributed by atoms with Crippen LogP contribution >= 0.6 is 0 Å². The molecule has 19 heavy (non-hydrogen) atoms. The van der Waals surface area contributed by atoms with Crippen molar-refractivity contribution in [1.82, 2.24) is 9.78 Å². The Balaban J connectivity index is 2.46. The zero-order chi connectivity index (χ0) is 13.6. The van der Waals surface area contributed by atoms with E-state index in [2.05, 4.69) is 5.10 Å². The molecule has 6 nitrogen and oxygen atoms in total. The van der Waals surface area contributed by atoms with Crippen LogP contribution in [0.5, 0.6) is 0 Å². The monoisotopic (exact) mass is 257 g/mol. The number of aromatic nitrogens is 2. The topological polar surface area (TPSA) is 91.1 Å². The van der Waals surface area contributed by atoms with Crippen LogP contribution in [0, 0.1) is 0 Å². The van der Waals surface area contributed by atoms with Gasteiger partial charge in [0, 0.05) is 12.4 Å². The van der Waals surface area contributed by atoms with Crippen LogP contribution in [0.3, 0.4) is 0 Å². The molecule has 6 heteroatoms. The summed E-state index contributed by atoms with van der Waals surface area (Å²) in [7, 11) is 1.56. The second kappa shape index (κ2) is 3.94. The fraction of sp³-hybridized carbons (Fsp3) is 0.154. The maximum Gasteiger partial charge on any atom is 0.279 e. The highest BCUT2D eigenvalue weighted by Gasteiger charge is 2.24. The third-order valence-corrected chi connectivity index (χ3v) is 2.98. The van der Waals surface area contributed by atoms with Gasteiger partial charge in [0.1, 0.15) is 22.6 Å². The van der Waals surface area contributed by atoms with Gasteiger partial charge in [-0.3, -0.25) is 9.59 Å². The van der Waals surface area contributed by atoms with Crippen LogP contribution in [0.25, 0.3) is 22.2 Å². The van der Waals surface area contributed by atoms with Gasteiger partial charge in [0.25, 0.3) is 5.56 Å². The van der Waals surface area contributed by atoms with E-state index in [-0.39, 0.29) is 17.7 Å². The van der Waals surface area contributed by atoms with E-state index in [1.807, 2.05) is 18.2 Å². The quantitative estimate of drug-likeness (QED) is 0.730. The van der Waals surface area contributed by atoms with E-state index in [9.17, 15) is 9.59 Å². The largest absolute Gasteiger partial charge is 0.460 e. The minimum atomic E-state index is -0.552. The highest BCUT2D eigenvalue weighted by Crippen LogP contribution is 2.30. The maximum atomic E-state index is 12.1. The molecule has 1 aromatic carbocycles. The van der Waals surface area contributed by atoms with E-state index in [0.717, 1.165) is 5.39 Å². The normalized spacial score (nSPS) is 11.2. The Kier molecular flexibility index (Phi) is 2.38. The van der Waals surface area contributed by atoms with Crippen LogP contribution in [-0.4, -0.2) is 15.7 Å². The number of nitrogens with two attached hydrogens (primary N) is 1. The van der Waals surface area contributed by atoms with Gasteiger partial charge in [-0.25, -0.2) is 4.68 Å². The summed E-state index contributed by atoms with van der Waals surface area (Å²) in [4.78, 5) is 23.2. The summed E-state index contributed by atoms with van der Waals surface area (Å²) >= 11 is 0. The van der Waals surface area contributed by atoms with E-state index in [1.54, 1.807) is 13.1 Å². The molecule has 2 heterocycles. The molecule has 0 saturated carbocycles. The van der Waals surface area contributed by atoms with Gasteiger partial charge in [-0.05, 0) is 12.1 Å². The molecule has 2 N–H and O–H groups in total. The number of benzene rings is 1. The minimum Gasteiger partial charge on any atom is -0.460 e. The maximum absolute atomic E-state index is 12.1. The molecule has 0 spiro atoms. The predicted octanol–water partition coefficient (Wildman–Crippen LogP) is 0.659. The number of aryl methyl sites for hydroxylation is 1. The average molecular weight is 257 g/mol. The molecule has 0 aliphatic carbocycles. The van der Waals surface area contributed by atoms with Gasteiger partial charge < -0.3 is 10.2 Å². The molecule has 0 fully saturated rings. The van der Waals surface area contributed by atoms with Gasteiger partial charge in [0.05, 0.1) is 6.42 Å². The molecule has 0 radical (unpaired) electrons. The zero-order valence-corrected chi connectivity index (χ0v) is 10.2. The van der Waals surface area contributed by atoms with Gasteiger partial charge in [0.2, 0.25) is 5.91 Å². The summed E-state index contributed by atoms with van der Waals surface area (Å²) in [6, 6.07) is 7.23. The number of primary amides is 1. The van der Waals surface area contributed by atoms with Crippen LogP contribution in [0.15, 0.2) is 33.5 Å². The number of carbonyl (C=O) groups is 1. The molecule has 1 aromatic rings. The van der Waals surface area contributed by atoms with Gasteiger partial charge in [-0.15, -0.1) is 0 Å². The lowest BCUT2D eigenvalue weighted by atomic mass is 10.1. The lowest BCUT2D eigenvalue weighted by Gasteiger charge is -2.06. The highest BCUT2D eigenvalue weighted by atomic mass is 16.3. The van der Waals surface area contributed by atoms with Crippen LogP contribution in [0.4, 0.5) is 0 Å². The number of hydrogen-bond donors (Lipinski definition) is 1. The molecule has 1 amide bonds. The fourth-order valence-electron chi connectivity index (χ4n) is 2.17. The average Bonchev–Trinajstić information content (AvgIpc) is 2.66. The Morgan fingerprint density at radius 2 is 2.16 bits per heavy atom. The van der Waals surface area contributed by atoms with Crippen LogP contribution < -0.4 is 11.3 Å². The Hall–Kier alpha value is -2.63. The summed E-state index contributed by atoms with van der Waals surface area (Å²) < 4.78 is 6.86. The number of nitrogens with zero attached hydrogens (tertiary/aromatic N) is 2. The van der Waals surface area contributed by atoms with Crippen molar-refractivity contribution in [2.75, 3.05) is 0 Å². The van der Waals surface area contributed by atoms with Crippen molar-refractivity contribution in [1.29, 1.82) is 0 Å². The second-order valence-corrected chi connectivity index (χ2v) is 4.32. The first-order valence-electron chi connectivity index (χ1n) is 5.73. The molecule has 0 unspecified atom stereocenters. The number of para-hydroxylation sites is 1. The van der Waals surface area contributed by atoms with Crippen LogP contribution in [-0.2, 0) is 18.3 Å². The summed E-state index contributed by atoms with van der Waals surface area (Å²) in [6.45, 7) is 0. The Morgan fingerprint density at radius 1 is 1.42 bits per heavy atom. The van der Waals surface area contributed by atoms with Crippen molar-refractivity contribution in [3.05, 3.63) is 40.4 Å². The third-order valence-electron chi connectivity index (χ3n) is 2.98. The van der Waals surface area contributed by atoms with Crippen LogP contribution in [0.1, 0.15) is 5.76 Å². The summed E-state index contributed by atoms with van der Waals surface area (Å²) in [6.07, 6.45) is -0.123. The van der Waals surface area contributed by atoms with E-state index >= 15 is 0 Å². The molecule has 2 aliphatic rings. The predicted molar refractivity (Wildman–Crippen MR) is 68.8 cm³/mol. The van der Waals surface area contributed by atoms with Crippen LogP contribution in [0.2, 0.25) is 0 Å². The first-order chi connectivity index (χ1) is 9.08. The first-order valence-corrected chi connectivity index (χ1v) is 5.73. The third kappa shape index (κ3) is 1.69. The lowest BCUT2D eigenvalue weighted by Crippen LogP contribution is -2.18. The molecule has 3 rings (SSSR count). The molecule has 0 bridgehead atoms. The van der Waals surface area contributed by atoms with Crippen molar-refractivity contribution in [3.63, 3.8) is 0 Å². The number of hydrogen-bond acceptors (Lipinski definition) is 4. The molecule has 0 saturated heterocycles. The Morgan fingerprint density at radius 3 is 2.89 bits per heavy atom. The molecular formula is C13H11N3O3. The van der Waals surface area contributed by atoms with Crippen molar-refractivity contribution >= 4 is 16.9 Å². The van der Waals surface area contributed by atoms with Gasteiger partial charge >= 0.3 is 0 Å². The second-order valence-electron chi connectivity index (χ2n) is 4.32. The van der Waals surface area contributed by atoms with Gasteiger partial charge in [0.15, 0.2) is 0 Å². The van der Waals surface area contributed by atoms with Crippen molar-refractivity contribution in [2.45, 2.75) is 6.42 Å². The number of fused-ring (bicyclic) bond motifs is 3. The van der Waals surface area contributed by atoms with E-state index < -0.39 is 5.91 Å². The summed E-state index contributed by atoms with van der Waals surface area (Å²) in [5, 5.41) is 4.94. The molecular weight excluding hydrogens is 246 g/mol. The minimum absolute atomic E-state index is 0.123. The van der Waals surface area contributed by atoms with Gasteiger partial charge in [-0.2, -0.15) is 5.10 Å². The summed E-state index contributed by atoms with van der Waals surface area (Å²) in [5.41, 5.74) is 6.32. The lowest BCUT2D eigenvalue weighted by molar-refractivity contribution is -0.117. The fourth-order valence-corrected chi connectivity index (χ4v) is 2.17.